The van der Waals surface area contributed by atoms with Gasteiger partial charge in [-0.25, -0.2) is 0 Å². The van der Waals surface area contributed by atoms with Crippen LogP contribution >= 0.6 is 0 Å². The molecular weight excluding hydrogens is 462 g/mol. The largest absolute Gasteiger partial charge is 3.00 e. The van der Waals surface area contributed by atoms with Crippen molar-refractivity contribution in [3.63, 3.8) is 0 Å². The van der Waals surface area contributed by atoms with E-state index in [0.717, 1.165) is 6.42 Å². The van der Waals surface area contributed by atoms with Crippen LogP contribution in [-0.4, -0.2) is 0 Å². The van der Waals surface area contributed by atoms with Crippen LogP contribution in [0.1, 0.15) is 11.1 Å². The number of hydrogen-bond donors (Lipinski definition) is 0. The summed E-state index contributed by atoms with van der Waals surface area (Å²) in [5.41, 5.74) is 10.4. The third kappa shape index (κ3) is 4.18. The van der Waals surface area contributed by atoms with Crippen LogP contribution in [0.5, 0.6) is 0 Å². The van der Waals surface area contributed by atoms with Crippen LogP contribution in [0.3, 0.4) is 0 Å². The minimum atomic E-state index is 0. The number of halogens is 2. The molecular formula is C25H17Cl2Zr. The first-order chi connectivity index (χ1) is 12.4. The molecule has 28 heavy (non-hydrogen) atoms. The fourth-order valence-corrected chi connectivity index (χ4v) is 3.72. The van der Waals surface area contributed by atoms with Gasteiger partial charge in [-0.2, -0.15) is 0 Å². The minimum absolute atomic E-state index is 0. The Bertz CT molecular complexity index is 973. The summed E-state index contributed by atoms with van der Waals surface area (Å²) in [5, 5.41) is 0. The van der Waals surface area contributed by atoms with Crippen LogP contribution in [0.15, 0.2) is 91.0 Å². The zero-order valence-electron chi connectivity index (χ0n) is 15.1. The molecule has 0 fully saturated rings. The van der Waals surface area contributed by atoms with Gasteiger partial charge in [-0.1, -0.05) is 95.6 Å². The molecule has 1 radical (unpaired) electrons. The first-order valence-corrected chi connectivity index (χ1v) is 8.68. The third-order valence-electron chi connectivity index (χ3n) is 4.98. The Hall–Kier alpha value is -1.66. The second-order valence-electron chi connectivity index (χ2n) is 6.54. The average Bonchev–Trinajstić information content (AvgIpc) is 3.06. The zero-order valence-corrected chi connectivity index (χ0v) is 19.1. The molecule has 0 bridgehead atoms. The van der Waals surface area contributed by atoms with E-state index < -0.39 is 0 Å². The summed E-state index contributed by atoms with van der Waals surface area (Å²) in [6.07, 6.45) is 0.964. The molecule has 0 saturated heterocycles. The van der Waals surface area contributed by atoms with Crippen molar-refractivity contribution >= 4 is 0 Å². The van der Waals surface area contributed by atoms with E-state index in [1.807, 2.05) is 0 Å². The van der Waals surface area contributed by atoms with Crippen molar-refractivity contribution in [2.45, 2.75) is 6.42 Å². The quantitative estimate of drug-likeness (QED) is 0.322. The summed E-state index contributed by atoms with van der Waals surface area (Å²) >= 11 is 0. The predicted molar refractivity (Wildman–Crippen MR) is 104 cm³/mol. The molecule has 1 aliphatic rings. The monoisotopic (exact) mass is 477 g/mol. The molecule has 1 aliphatic carbocycles. The second-order valence-corrected chi connectivity index (χ2v) is 6.54. The normalized spacial score (nSPS) is 10.6. The van der Waals surface area contributed by atoms with Gasteiger partial charge < -0.3 is 24.8 Å². The summed E-state index contributed by atoms with van der Waals surface area (Å²) in [5.74, 6) is 0. The molecule has 5 rings (SSSR count). The molecule has 0 N–H and O–H groups in total. The van der Waals surface area contributed by atoms with Gasteiger partial charge in [0.1, 0.15) is 0 Å². The van der Waals surface area contributed by atoms with Gasteiger partial charge in [-0.05, 0) is 23.1 Å². The molecule has 0 spiro atoms. The molecule has 0 amide bonds. The smallest absolute Gasteiger partial charge is 1.00 e. The summed E-state index contributed by atoms with van der Waals surface area (Å²) in [6.45, 7) is 0. The number of benzene rings is 4. The fraction of sp³-hybridized carbons (Fsp3) is 0.0400. The number of fused-ring (bicyclic) bond motifs is 3. The van der Waals surface area contributed by atoms with E-state index in [0.29, 0.717) is 0 Å². The fourth-order valence-electron chi connectivity index (χ4n) is 3.72. The molecule has 135 valence electrons. The first kappa shape index (κ1) is 22.6. The summed E-state index contributed by atoms with van der Waals surface area (Å²) in [4.78, 5) is 0. The van der Waals surface area contributed by atoms with Crippen LogP contribution in [0.4, 0.5) is 0 Å². The second kappa shape index (κ2) is 9.70. The molecule has 0 heterocycles. The molecule has 3 heteroatoms. The zero-order chi connectivity index (χ0) is 16.6. The number of rotatable bonds is 2. The van der Waals surface area contributed by atoms with Crippen molar-refractivity contribution in [1.82, 2.24) is 0 Å². The van der Waals surface area contributed by atoms with Crippen LogP contribution < -0.4 is 24.8 Å². The Balaban J connectivity index is 0.000000934. The van der Waals surface area contributed by atoms with Crippen molar-refractivity contribution in [1.29, 1.82) is 0 Å². The van der Waals surface area contributed by atoms with Crippen molar-refractivity contribution in [3.05, 3.63) is 108 Å². The van der Waals surface area contributed by atoms with Crippen LogP contribution in [0.25, 0.3) is 33.4 Å². The molecule has 4 aromatic carbocycles. The van der Waals surface area contributed by atoms with Crippen LogP contribution in [0.2, 0.25) is 0 Å². The first-order valence-electron chi connectivity index (χ1n) is 8.68. The maximum Gasteiger partial charge on any atom is 3.00 e. The van der Waals surface area contributed by atoms with Gasteiger partial charge in [-0.3, -0.25) is 0 Å². The van der Waals surface area contributed by atoms with E-state index in [-0.39, 0.29) is 51.0 Å². The van der Waals surface area contributed by atoms with Gasteiger partial charge in [0.2, 0.25) is 0 Å². The van der Waals surface area contributed by atoms with Gasteiger partial charge in [0.15, 0.2) is 0 Å². The van der Waals surface area contributed by atoms with Crippen molar-refractivity contribution in [3.8, 4) is 33.4 Å². The van der Waals surface area contributed by atoms with Gasteiger partial charge in [0.05, 0.1) is 0 Å². The van der Waals surface area contributed by atoms with E-state index in [9.17, 15) is 0 Å². The van der Waals surface area contributed by atoms with Gasteiger partial charge >= 0.3 is 26.2 Å². The minimum Gasteiger partial charge on any atom is -1.00 e. The predicted octanol–water partition coefficient (Wildman–Crippen LogP) is 0.397. The maximum atomic E-state index is 3.65. The topological polar surface area (TPSA) is 0 Å². The van der Waals surface area contributed by atoms with Gasteiger partial charge in [0, 0.05) is 0 Å². The molecule has 0 unspecified atom stereocenters. The summed E-state index contributed by atoms with van der Waals surface area (Å²) in [7, 11) is 0. The van der Waals surface area contributed by atoms with Crippen molar-refractivity contribution < 1.29 is 51.0 Å². The van der Waals surface area contributed by atoms with Crippen LogP contribution in [-0.2, 0) is 32.6 Å². The summed E-state index contributed by atoms with van der Waals surface area (Å²) in [6, 6.07) is 36.0. The summed E-state index contributed by atoms with van der Waals surface area (Å²) < 4.78 is 0. The van der Waals surface area contributed by atoms with Crippen molar-refractivity contribution in [2.24, 2.45) is 0 Å². The molecule has 0 saturated carbocycles. The van der Waals surface area contributed by atoms with E-state index in [2.05, 4.69) is 97.1 Å². The third-order valence-corrected chi connectivity index (χ3v) is 4.98. The van der Waals surface area contributed by atoms with E-state index in [1.54, 1.807) is 0 Å². The van der Waals surface area contributed by atoms with E-state index >= 15 is 0 Å². The Labute approximate surface area is 198 Å². The van der Waals surface area contributed by atoms with Crippen LogP contribution in [0, 0.1) is 6.07 Å². The Kier molecular flexibility index (Phi) is 7.84. The van der Waals surface area contributed by atoms with Crippen molar-refractivity contribution in [2.75, 3.05) is 0 Å². The van der Waals surface area contributed by atoms with Gasteiger partial charge in [-0.15, -0.1) is 29.3 Å². The Morgan fingerprint density at radius 1 is 0.571 bits per heavy atom. The van der Waals surface area contributed by atoms with E-state index in [4.69, 9.17) is 0 Å². The molecule has 0 nitrogen and oxygen atoms in total. The number of hydrogen-bond acceptors (Lipinski definition) is 0. The van der Waals surface area contributed by atoms with E-state index in [1.165, 1.54) is 44.5 Å². The Morgan fingerprint density at radius 2 is 1.18 bits per heavy atom. The molecule has 0 aliphatic heterocycles. The SMILES string of the molecule is [Cl-].[Cl-].[Zr+3].[c-]1c(-c2ccccc2)ccc2c1Cc1cc(-c3ccccc3)ccc1-2. The van der Waals surface area contributed by atoms with Gasteiger partial charge in [0.25, 0.3) is 0 Å². The Morgan fingerprint density at radius 3 is 1.86 bits per heavy atom. The maximum absolute atomic E-state index is 3.65. The molecule has 4 aromatic rings. The standard InChI is InChI=1S/C25H17.2ClH.Zr/c1-3-7-18(8-4-1)20-11-13-24-22(15-20)17-23-16-21(12-14-25(23)24)19-9-5-2-6-10-19;;;/h1-15H,17H2;2*1H;/q-1;;;+3/p-2. The molecule has 0 aromatic heterocycles. The molecule has 0 atom stereocenters. The average molecular weight is 480 g/mol.